The highest BCUT2D eigenvalue weighted by Crippen LogP contribution is 2.35. The van der Waals surface area contributed by atoms with E-state index in [0.717, 1.165) is 17.4 Å². The third-order valence-electron chi connectivity index (χ3n) is 3.35. The molecule has 0 unspecified atom stereocenters. The van der Waals surface area contributed by atoms with Gasteiger partial charge in [-0.15, -0.1) is 11.3 Å². The Labute approximate surface area is 96.1 Å². The second-order valence-corrected chi connectivity index (χ2v) is 5.88. The smallest absolute Gasteiger partial charge is 0.182 e. The maximum atomic E-state index is 4.43. The van der Waals surface area contributed by atoms with Crippen LogP contribution in [0, 0.1) is 12.3 Å². The van der Waals surface area contributed by atoms with E-state index in [0.29, 0.717) is 5.41 Å². The highest BCUT2D eigenvalue weighted by Gasteiger charge is 2.26. The molecule has 15 heavy (non-hydrogen) atoms. The van der Waals surface area contributed by atoms with E-state index in [1.165, 1.54) is 32.1 Å². The van der Waals surface area contributed by atoms with Gasteiger partial charge in [0, 0.05) is 11.9 Å². The molecule has 2 rings (SSSR count). The summed E-state index contributed by atoms with van der Waals surface area (Å²) in [4.78, 5) is 4.43. The maximum Gasteiger partial charge on any atom is 0.182 e. The van der Waals surface area contributed by atoms with Gasteiger partial charge in [-0.1, -0.05) is 26.2 Å². The van der Waals surface area contributed by atoms with Crippen LogP contribution in [0.1, 0.15) is 44.7 Å². The lowest BCUT2D eigenvalue weighted by atomic mass is 9.76. The Morgan fingerprint density at radius 2 is 2.13 bits per heavy atom. The molecule has 0 atom stereocenters. The first kappa shape index (κ1) is 10.9. The van der Waals surface area contributed by atoms with E-state index in [4.69, 9.17) is 0 Å². The summed E-state index contributed by atoms with van der Waals surface area (Å²) in [6, 6.07) is 0. The molecule has 1 N–H and O–H groups in total. The normalized spacial score (nSPS) is 20.1. The molecule has 1 fully saturated rings. The first-order valence-corrected chi connectivity index (χ1v) is 6.72. The Kier molecular flexibility index (Phi) is 3.29. The zero-order valence-corrected chi connectivity index (χ0v) is 10.5. The predicted octanol–water partition coefficient (Wildman–Crippen LogP) is 3.83. The van der Waals surface area contributed by atoms with Crippen molar-refractivity contribution in [1.29, 1.82) is 0 Å². The molecule has 84 valence electrons. The van der Waals surface area contributed by atoms with Crippen LogP contribution in [0.2, 0.25) is 0 Å². The Morgan fingerprint density at radius 1 is 1.40 bits per heavy atom. The largest absolute Gasteiger partial charge is 0.361 e. The summed E-state index contributed by atoms with van der Waals surface area (Å²) in [5, 5.41) is 6.67. The molecule has 0 amide bonds. The molecular formula is C12H20N2S. The minimum Gasteiger partial charge on any atom is -0.361 e. The van der Waals surface area contributed by atoms with E-state index < -0.39 is 0 Å². The van der Waals surface area contributed by atoms with E-state index >= 15 is 0 Å². The average molecular weight is 224 g/mol. The zero-order valence-electron chi connectivity index (χ0n) is 9.68. The molecule has 1 aromatic rings. The van der Waals surface area contributed by atoms with Crippen LogP contribution >= 0.6 is 11.3 Å². The summed E-state index contributed by atoms with van der Waals surface area (Å²) in [7, 11) is 0. The van der Waals surface area contributed by atoms with Crippen LogP contribution in [0.4, 0.5) is 5.13 Å². The van der Waals surface area contributed by atoms with Gasteiger partial charge in [-0.05, 0) is 25.2 Å². The topological polar surface area (TPSA) is 24.9 Å². The molecule has 1 heterocycles. The molecule has 2 nitrogen and oxygen atoms in total. The number of anilines is 1. The van der Waals surface area contributed by atoms with Crippen molar-refractivity contribution in [3.05, 3.63) is 11.1 Å². The van der Waals surface area contributed by atoms with Crippen LogP contribution in [0.3, 0.4) is 0 Å². The molecule has 1 aromatic heterocycles. The summed E-state index contributed by atoms with van der Waals surface area (Å²) >= 11 is 1.71. The van der Waals surface area contributed by atoms with Gasteiger partial charge in [-0.3, -0.25) is 0 Å². The summed E-state index contributed by atoms with van der Waals surface area (Å²) in [5.74, 6) is 0. The van der Waals surface area contributed by atoms with Crippen molar-refractivity contribution >= 4 is 16.5 Å². The highest BCUT2D eigenvalue weighted by molar-refractivity contribution is 7.13. The van der Waals surface area contributed by atoms with E-state index in [-0.39, 0.29) is 0 Å². The minimum atomic E-state index is 0.498. The summed E-state index contributed by atoms with van der Waals surface area (Å²) in [6.07, 6.45) is 6.95. The Morgan fingerprint density at radius 3 is 2.73 bits per heavy atom. The number of nitrogens with zero attached hydrogens (tertiary/aromatic N) is 1. The number of thiazole rings is 1. The van der Waals surface area contributed by atoms with Gasteiger partial charge in [0.2, 0.25) is 0 Å². The molecule has 1 saturated carbocycles. The monoisotopic (exact) mass is 224 g/mol. The van der Waals surface area contributed by atoms with E-state index in [1.54, 1.807) is 11.3 Å². The van der Waals surface area contributed by atoms with Crippen LogP contribution in [-0.4, -0.2) is 11.5 Å². The van der Waals surface area contributed by atoms with Crippen LogP contribution in [0.5, 0.6) is 0 Å². The molecule has 1 aliphatic carbocycles. The molecule has 0 spiro atoms. The van der Waals surface area contributed by atoms with Crippen LogP contribution < -0.4 is 5.32 Å². The predicted molar refractivity (Wildman–Crippen MR) is 66.5 cm³/mol. The van der Waals surface area contributed by atoms with Gasteiger partial charge in [-0.2, -0.15) is 0 Å². The molecule has 0 bridgehead atoms. The zero-order chi connectivity index (χ0) is 10.7. The fraction of sp³-hybridized carbons (Fsp3) is 0.750. The minimum absolute atomic E-state index is 0.498. The molecule has 0 aromatic carbocycles. The van der Waals surface area contributed by atoms with Gasteiger partial charge in [0.25, 0.3) is 0 Å². The van der Waals surface area contributed by atoms with Gasteiger partial charge in [0.1, 0.15) is 0 Å². The van der Waals surface area contributed by atoms with Gasteiger partial charge >= 0.3 is 0 Å². The summed E-state index contributed by atoms with van der Waals surface area (Å²) in [5.41, 5.74) is 1.62. The van der Waals surface area contributed by atoms with Crippen LogP contribution in [0.25, 0.3) is 0 Å². The lowest BCUT2D eigenvalue weighted by molar-refractivity contribution is 0.233. The SMILES string of the molecule is Cc1csc(NCC2(C)CCCCC2)n1. The van der Waals surface area contributed by atoms with E-state index in [2.05, 4.69) is 22.6 Å². The standard InChI is InChI=1S/C12H20N2S/c1-10-8-15-11(14-10)13-9-12(2)6-4-3-5-7-12/h8H,3-7,9H2,1-2H3,(H,13,14). The summed E-state index contributed by atoms with van der Waals surface area (Å²) < 4.78 is 0. The fourth-order valence-electron chi connectivity index (χ4n) is 2.31. The Hall–Kier alpha value is -0.570. The van der Waals surface area contributed by atoms with E-state index in [1.807, 2.05) is 6.92 Å². The molecule has 0 saturated heterocycles. The molecule has 0 radical (unpaired) electrons. The lowest BCUT2D eigenvalue weighted by Crippen LogP contribution is -2.28. The van der Waals surface area contributed by atoms with Crippen molar-refractivity contribution < 1.29 is 0 Å². The number of nitrogens with one attached hydrogen (secondary N) is 1. The number of aryl methyl sites for hydroxylation is 1. The second-order valence-electron chi connectivity index (χ2n) is 5.02. The number of hydrogen-bond donors (Lipinski definition) is 1. The van der Waals surface area contributed by atoms with Crippen LogP contribution in [0.15, 0.2) is 5.38 Å². The molecule has 0 aliphatic heterocycles. The van der Waals surface area contributed by atoms with Crippen molar-refractivity contribution in [2.24, 2.45) is 5.41 Å². The van der Waals surface area contributed by atoms with Crippen molar-refractivity contribution in [2.45, 2.75) is 46.0 Å². The van der Waals surface area contributed by atoms with Crippen LogP contribution in [-0.2, 0) is 0 Å². The average Bonchev–Trinajstić information content (AvgIpc) is 2.63. The number of hydrogen-bond acceptors (Lipinski definition) is 3. The van der Waals surface area contributed by atoms with Crippen molar-refractivity contribution in [1.82, 2.24) is 4.98 Å². The third-order valence-corrected chi connectivity index (χ3v) is 4.26. The first-order valence-electron chi connectivity index (χ1n) is 5.84. The van der Waals surface area contributed by atoms with Gasteiger partial charge in [-0.25, -0.2) is 4.98 Å². The third kappa shape index (κ3) is 2.94. The molecule has 3 heteroatoms. The quantitative estimate of drug-likeness (QED) is 0.844. The molecular weight excluding hydrogens is 204 g/mol. The molecule has 1 aliphatic rings. The Balaban J connectivity index is 1.86. The number of rotatable bonds is 3. The van der Waals surface area contributed by atoms with Crippen molar-refractivity contribution in [3.63, 3.8) is 0 Å². The van der Waals surface area contributed by atoms with Gasteiger partial charge in [0.05, 0.1) is 5.69 Å². The fourth-order valence-corrected chi connectivity index (χ4v) is 2.99. The second kappa shape index (κ2) is 4.52. The maximum absolute atomic E-state index is 4.43. The number of aromatic nitrogens is 1. The van der Waals surface area contributed by atoms with Gasteiger partial charge < -0.3 is 5.32 Å². The van der Waals surface area contributed by atoms with Crippen molar-refractivity contribution in [3.8, 4) is 0 Å². The first-order chi connectivity index (χ1) is 7.18. The summed E-state index contributed by atoms with van der Waals surface area (Å²) in [6.45, 7) is 5.53. The van der Waals surface area contributed by atoms with E-state index in [9.17, 15) is 0 Å². The Bertz CT molecular complexity index is 313. The lowest BCUT2D eigenvalue weighted by Gasteiger charge is -2.33. The van der Waals surface area contributed by atoms with Crippen molar-refractivity contribution in [2.75, 3.05) is 11.9 Å². The van der Waals surface area contributed by atoms with Gasteiger partial charge in [0.15, 0.2) is 5.13 Å². The highest BCUT2D eigenvalue weighted by atomic mass is 32.1.